The van der Waals surface area contributed by atoms with E-state index in [1.165, 1.54) is 0 Å². The molecule has 0 saturated heterocycles. The number of pyridine rings is 1. The molecule has 1 aromatic rings. The predicted molar refractivity (Wildman–Crippen MR) is 47.5 cm³/mol. The third kappa shape index (κ3) is 1.93. The fourth-order valence-corrected chi connectivity index (χ4v) is 1.01. The largest absolute Gasteiger partial charge is 0.383 e. The summed E-state index contributed by atoms with van der Waals surface area (Å²) in [4.78, 5) is 3.92. The first-order valence-corrected chi connectivity index (χ1v) is 3.70. The van der Waals surface area contributed by atoms with Crippen LogP contribution in [0.5, 0.6) is 0 Å². The van der Waals surface area contributed by atoms with E-state index in [2.05, 4.69) is 4.98 Å². The quantitative estimate of drug-likeness (QED) is 0.679. The van der Waals surface area contributed by atoms with E-state index >= 15 is 0 Å². The Morgan fingerprint density at radius 3 is 3.00 bits per heavy atom. The number of nitrogens with two attached hydrogens (primary N) is 2. The van der Waals surface area contributed by atoms with Gasteiger partial charge in [0.25, 0.3) is 0 Å². The Morgan fingerprint density at radius 2 is 2.42 bits per heavy atom. The Labute approximate surface area is 71.5 Å². The zero-order chi connectivity index (χ0) is 8.97. The van der Waals surface area contributed by atoms with Crippen LogP contribution in [0.4, 0.5) is 5.82 Å². The van der Waals surface area contributed by atoms with Crippen LogP contribution in [0.2, 0.25) is 0 Å². The number of nitrogens with zero attached hydrogens (tertiary/aromatic N) is 1. The van der Waals surface area contributed by atoms with Crippen LogP contribution >= 0.6 is 0 Å². The molecule has 0 fully saturated rings. The van der Waals surface area contributed by atoms with Gasteiger partial charge in [-0.2, -0.15) is 0 Å². The maximum Gasteiger partial charge on any atom is 0.128 e. The molecule has 1 aromatic heterocycles. The molecular weight excluding hydrogens is 154 g/mol. The van der Waals surface area contributed by atoms with Crippen LogP contribution in [0.3, 0.4) is 0 Å². The van der Waals surface area contributed by atoms with Gasteiger partial charge in [-0.05, 0) is 6.07 Å². The molecule has 0 aliphatic carbocycles. The molecule has 0 amide bonds. The highest BCUT2D eigenvalue weighted by atomic mass is 16.5. The summed E-state index contributed by atoms with van der Waals surface area (Å²) in [5, 5.41) is 0. The van der Waals surface area contributed by atoms with Gasteiger partial charge in [0, 0.05) is 18.9 Å². The molecule has 0 aromatic carbocycles. The molecule has 12 heavy (non-hydrogen) atoms. The Morgan fingerprint density at radius 1 is 1.67 bits per heavy atom. The molecule has 0 aliphatic heterocycles. The number of anilines is 1. The molecule has 1 rings (SSSR count). The van der Waals surface area contributed by atoms with Crippen LogP contribution in [-0.4, -0.2) is 18.7 Å². The Kier molecular flexibility index (Phi) is 3.01. The molecule has 0 radical (unpaired) electrons. The van der Waals surface area contributed by atoms with E-state index in [0.717, 1.165) is 5.56 Å². The molecule has 0 saturated carbocycles. The number of rotatable bonds is 3. The number of ether oxygens (including phenoxy) is 1. The minimum absolute atomic E-state index is 0.191. The molecule has 4 heteroatoms. The van der Waals surface area contributed by atoms with Crippen molar-refractivity contribution >= 4 is 5.82 Å². The zero-order valence-corrected chi connectivity index (χ0v) is 7.03. The number of hydrogen-bond donors (Lipinski definition) is 2. The van der Waals surface area contributed by atoms with E-state index in [0.29, 0.717) is 12.4 Å². The number of hydrogen-bond acceptors (Lipinski definition) is 4. The molecular formula is C8H13N3O. The van der Waals surface area contributed by atoms with Gasteiger partial charge in [0.05, 0.1) is 12.6 Å². The highest BCUT2D eigenvalue weighted by Gasteiger charge is 2.08. The van der Waals surface area contributed by atoms with Gasteiger partial charge in [-0.25, -0.2) is 4.98 Å². The molecule has 0 aliphatic rings. The van der Waals surface area contributed by atoms with E-state index in [1.54, 1.807) is 19.4 Å². The van der Waals surface area contributed by atoms with Gasteiger partial charge >= 0.3 is 0 Å². The molecule has 4 N–H and O–H groups in total. The van der Waals surface area contributed by atoms with Crippen LogP contribution in [0.15, 0.2) is 18.3 Å². The molecule has 0 bridgehead atoms. The molecule has 0 spiro atoms. The van der Waals surface area contributed by atoms with E-state index in [9.17, 15) is 0 Å². The lowest BCUT2D eigenvalue weighted by Crippen LogP contribution is -2.18. The second-order valence-corrected chi connectivity index (χ2v) is 2.54. The number of nitrogen functional groups attached to an aromatic ring is 1. The van der Waals surface area contributed by atoms with Crippen LogP contribution < -0.4 is 11.5 Å². The SMILES string of the molecule is COCC(N)c1cccnc1N. The van der Waals surface area contributed by atoms with Crippen molar-refractivity contribution in [2.45, 2.75) is 6.04 Å². The first-order valence-electron chi connectivity index (χ1n) is 3.70. The summed E-state index contributed by atoms with van der Waals surface area (Å²) in [6.07, 6.45) is 1.64. The lowest BCUT2D eigenvalue weighted by Gasteiger charge is -2.11. The second kappa shape index (κ2) is 4.04. The van der Waals surface area contributed by atoms with Crippen LogP contribution in [0.1, 0.15) is 11.6 Å². The van der Waals surface area contributed by atoms with E-state index in [-0.39, 0.29) is 6.04 Å². The average molecular weight is 167 g/mol. The third-order valence-electron chi connectivity index (χ3n) is 1.62. The van der Waals surface area contributed by atoms with Crippen molar-refractivity contribution in [3.05, 3.63) is 23.9 Å². The van der Waals surface area contributed by atoms with Crippen molar-refractivity contribution < 1.29 is 4.74 Å². The van der Waals surface area contributed by atoms with Crippen LogP contribution in [0.25, 0.3) is 0 Å². The van der Waals surface area contributed by atoms with Gasteiger partial charge in [-0.15, -0.1) is 0 Å². The Hall–Kier alpha value is -1.13. The molecule has 4 nitrogen and oxygen atoms in total. The molecule has 66 valence electrons. The van der Waals surface area contributed by atoms with E-state index < -0.39 is 0 Å². The topological polar surface area (TPSA) is 74.2 Å². The summed E-state index contributed by atoms with van der Waals surface area (Å²) >= 11 is 0. The summed E-state index contributed by atoms with van der Waals surface area (Å²) in [6.45, 7) is 0.454. The Balaban J connectivity index is 2.79. The number of aromatic nitrogens is 1. The van der Waals surface area contributed by atoms with Crippen LogP contribution in [0, 0.1) is 0 Å². The third-order valence-corrected chi connectivity index (χ3v) is 1.62. The first-order chi connectivity index (χ1) is 5.75. The van der Waals surface area contributed by atoms with Crippen LogP contribution in [-0.2, 0) is 4.74 Å². The molecule has 1 heterocycles. The van der Waals surface area contributed by atoms with Gasteiger partial charge < -0.3 is 16.2 Å². The second-order valence-electron chi connectivity index (χ2n) is 2.54. The summed E-state index contributed by atoms with van der Waals surface area (Å²) in [5.74, 6) is 0.474. The normalized spacial score (nSPS) is 12.8. The fourth-order valence-electron chi connectivity index (χ4n) is 1.01. The highest BCUT2D eigenvalue weighted by molar-refractivity contribution is 5.40. The standard InChI is InChI=1S/C8H13N3O/c1-12-5-7(9)6-3-2-4-11-8(6)10/h2-4,7H,5,9H2,1H3,(H2,10,11). The summed E-state index contributed by atoms with van der Waals surface area (Å²) in [7, 11) is 1.60. The Bertz CT molecular complexity index is 252. The molecule has 1 unspecified atom stereocenters. The van der Waals surface area contributed by atoms with Gasteiger partial charge in [0.15, 0.2) is 0 Å². The van der Waals surface area contributed by atoms with Gasteiger partial charge in [0.1, 0.15) is 5.82 Å². The molecule has 1 atom stereocenters. The first kappa shape index (κ1) is 8.96. The minimum Gasteiger partial charge on any atom is -0.383 e. The summed E-state index contributed by atoms with van der Waals surface area (Å²) in [5.41, 5.74) is 12.2. The fraction of sp³-hybridized carbons (Fsp3) is 0.375. The monoisotopic (exact) mass is 167 g/mol. The van der Waals surface area contributed by atoms with Crippen molar-refractivity contribution in [3.8, 4) is 0 Å². The maximum atomic E-state index is 5.76. The maximum absolute atomic E-state index is 5.76. The number of methoxy groups -OCH3 is 1. The van der Waals surface area contributed by atoms with Crippen molar-refractivity contribution in [2.24, 2.45) is 5.73 Å². The van der Waals surface area contributed by atoms with Crippen molar-refractivity contribution in [1.29, 1.82) is 0 Å². The predicted octanol–water partition coefficient (Wildman–Crippen LogP) is 0.310. The van der Waals surface area contributed by atoms with E-state index in [4.69, 9.17) is 16.2 Å². The zero-order valence-electron chi connectivity index (χ0n) is 7.03. The van der Waals surface area contributed by atoms with Gasteiger partial charge in [-0.3, -0.25) is 0 Å². The van der Waals surface area contributed by atoms with E-state index in [1.807, 2.05) is 6.07 Å². The lowest BCUT2D eigenvalue weighted by molar-refractivity contribution is 0.181. The smallest absolute Gasteiger partial charge is 0.128 e. The van der Waals surface area contributed by atoms with Crippen molar-refractivity contribution in [3.63, 3.8) is 0 Å². The van der Waals surface area contributed by atoms with Gasteiger partial charge in [0.2, 0.25) is 0 Å². The lowest BCUT2D eigenvalue weighted by atomic mass is 10.1. The van der Waals surface area contributed by atoms with Crippen molar-refractivity contribution in [1.82, 2.24) is 4.98 Å². The summed E-state index contributed by atoms with van der Waals surface area (Å²) < 4.78 is 4.90. The average Bonchev–Trinajstić information content (AvgIpc) is 2.05. The van der Waals surface area contributed by atoms with Gasteiger partial charge in [-0.1, -0.05) is 6.07 Å². The summed E-state index contributed by atoms with van der Waals surface area (Å²) in [6, 6.07) is 3.47. The highest BCUT2D eigenvalue weighted by Crippen LogP contribution is 2.14. The minimum atomic E-state index is -0.191. The van der Waals surface area contributed by atoms with Crippen molar-refractivity contribution in [2.75, 3.05) is 19.5 Å².